The number of hydrogen-bond acceptors (Lipinski definition) is 14. The highest BCUT2D eigenvalue weighted by atomic mass is 16.7. The molecule has 46 heavy (non-hydrogen) atoms. The van der Waals surface area contributed by atoms with Gasteiger partial charge in [0, 0.05) is 42.0 Å². The maximum Gasteiger partial charge on any atom is 0.202 e. The molecule has 2 unspecified atom stereocenters. The summed E-state index contributed by atoms with van der Waals surface area (Å²) < 4.78 is 29.5. The molecule has 3 fully saturated rings. The van der Waals surface area contributed by atoms with Gasteiger partial charge in [0.05, 0.1) is 55.3 Å². The van der Waals surface area contributed by atoms with Crippen LogP contribution in [0.2, 0.25) is 0 Å². The molecule has 0 saturated carbocycles. The monoisotopic (exact) mass is 636 g/mol. The van der Waals surface area contributed by atoms with Crippen LogP contribution in [0, 0.1) is 11.3 Å². The molecule has 3 saturated heterocycles. The van der Waals surface area contributed by atoms with Crippen LogP contribution in [0.1, 0.15) is 68.8 Å². The van der Waals surface area contributed by atoms with Crippen LogP contribution >= 0.6 is 0 Å². The fraction of sp³-hybridized carbons (Fsp3) is 0.500. The van der Waals surface area contributed by atoms with Crippen LogP contribution in [0.25, 0.3) is 0 Å². The third-order valence-corrected chi connectivity index (χ3v) is 9.77. The lowest BCUT2D eigenvalue weighted by atomic mass is 9.72. The lowest BCUT2D eigenvalue weighted by Gasteiger charge is -2.43. The highest BCUT2D eigenvalue weighted by Crippen LogP contribution is 2.53. The van der Waals surface area contributed by atoms with Gasteiger partial charge in [0.25, 0.3) is 0 Å². The van der Waals surface area contributed by atoms with Crippen molar-refractivity contribution in [2.45, 2.75) is 74.7 Å². The molecule has 0 amide bonds. The molecule has 14 nitrogen and oxygen atoms in total. The van der Waals surface area contributed by atoms with E-state index >= 15 is 0 Å². The standard InChI is InChI=1S/C32H32N2O12/c1-13-31-17(34-14(9-33)11-43-12-21(34)46-31)6-22(44-13)45-19-8-32(41,20(36)10-35)7-16-24(19)30(40)26-25(28(16)38)27(37)15-4-3-5-18(42-2)23(15)29(26)39/h3-5,13-14,17,19,21-22,31,35,38,40-41H,6-8,10-12H2,1-2H3/t13-,14?,17-,19-,21?,22-,31+,32-/m0/s1. The maximum atomic E-state index is 13.9. The number of hydrogen-bond donors (Lipinski definition) is 4. The Balaban J connectivity index is 1.31. The van der Waals surface area contributed by atoms with Crippen molar-refractivity contribution in [3.8, 4) is 23.3 Å². The molecule has 242 valence electrons. The van der Waals surface area contributed by atoms with Crippen molar-refractivity contribution in [2.24, 2.45) is 0 Å². The molecule has 5 aliphatic rings. The summed E-state index contributed by atoms with van der Waals surface area (Å²) in [5.41, 5.74) is -3.59. The lowest BCUT2D eigenvalue weighted by Crippen LogP contribution is -2.56. The Morgan fingerprint density at radius 1 is 1.13 bits per heavy atom. The number of methoxy groups -OCH3 is 1. The molecule has 7 rings (SSSR count). The molecule has 2 aliphatic carbocycles. The molecule has 3 heterocycles. The Kier molecular flexibility index (Phi) is 7.41. The minimum Gasteiger partial charge on any atom is -0.507 e. The zero-order valence-electron chi connectivity index (χ0n) is 25.0. The van der Waals surface area contributed by atoms with E-state index in [-0.39, 0.29) is 53.7 Å². The molecule has 14 heteroatoms. The summed E-state index contributed by atoms with van der Waals surface area (Å²) in [5.74, 6) is -3.73. The number of benzene rings is 2. The molecule has 0 aromatic heterocycles. The van der Waals surface area contributed by atoms with Crippen molar-refractivity contribution in [3.63, 3.8) is 0 Å². The van der Waals surface area contributed by atoms with E-state index in [0.717, 1.165) is 0 Å². The number of aliphatic hydroxyl groups is 2. The number of aromatic hydroxyl groups is 2. The second kappa shape index (κ2) is 11.1. The first-order valence-corrected chi connectivity index (χ1v) is 15.0. The first-order valence-electron chi connectivity index (χ1n) is 15.0. The third-order valence-electron chi connectivity index (χ3n) is 9.77. The van der Waals surface area contributed by atoms with Gasteiger partial charge < -0.3 is 44.1 Å². The van der Waals surface area contributed by atoms with Crippen molar-refractivity contribution < 1.29 is 58.5 Å². The number of morpholine rings is 1. The topological polar surface area (TPSA) is 205 Å². The van der Waals surface area contributed by atoms with Crippen LogP contribution in [0.3, 0.4) is 0 Å². The Labute approximate surface area is 262 Å². The lowest BCUT2D eigenvalue weighted by molar-refractivity contribution is -0.247. The van der Waals surface area contributed by atoms with Crippen LogP contribution in [0.15, 0.2) is 18.2 Å². The zero-order chi connectivity index (χ0) is 32.7. The summed E-state index contributed by atoms with van der Waals surface area (Å²) in [7, 11) is 1.33. The average molecular weight is 637 g/mol. The Hall–Kier alpha value is -3.94. The van der Waals surface area contributed by atoms with Gasteiger partial charge in [0.1, 0.15) is 47.8 Å². The van der Waals surface area contributed by atoms with Gasteiger partial charge in [-0.25, -0.2) is 0 Å². The van der Waals surface area contributed by atoms with E-state index < -0.39 is 102 Å². The number of fused-ring (bicyclic) bond motifs is 6. The summed E-state index contributed by atoms with van der Waals surface area (Å²) in [6.45, 7) is 1.23. The number of nitrogens with zero attached hydrogens (tertiary/aromatic N) is 2. The molecule has 0 bridgehead atoms. The van der Waals surface area contributed by atoms with Gasteiger partial charge in [-0.3, -0.25) is 19.3 Å². The largest absolute Gasteiger partial charge is 0.507 e. The van der Waals surface area contributed by atoms with Crippen LogP contribution in [0.5, 0.6) is 17.2 Å². The smallest absolute Gasteiger partial charge is 0.202 e. The van der Waals surface area contributed by atoms with Crippen molar-refractivity contribution in [1.29, 1.82) is 5.26 Å². The fourth-order valence-corrected chi connectivity index (χ4v) is 7.67. The molecule has 2 aromatic carbocycles. The number of ketones is 3. The van der Waals surface area contributed by atoms with E-state index in [9.17, 15) is 40.1 Å². The number of phenolic OH excluding ortho intramolecular Hbond substituents is 2. The van der Waals surface area contributed by atoms with Crippen molar-refractivity contribution in [3.05, 3.63) is 51.6 Å². The molecule has 0 radical (unpaired) electrons. The van der Waals surface area contributed by atoms with Crippen molar-refractivity contribution >= 4 is 17.3 Å². The number of Topliss-reactive ketones (excluding diaryl/α,β-unsaturated/α-hetero) is 1. The minimum atomic E-state index is -2.26. The summed E-state index contributed by atoms with van der Waals surface area (Å²) in [4.78, 5) is 42.4. The molecule has 0 spiro atoms. The molecule has 2 aromatic rings. The second-order valence-corrected chi connectivity index (χ2v) is 12.3. The quantitative estimate of drug-likeness (QED) is 0.284. The predicted molar refractivity (Wildman–Crippen MR) is 152 cm³/mol. The fourth-order valence-electron chi connectivity index (χ4n) is 7.67. The highest BCUT2D eigenvalue weighted by Gasteiger charge is 2.55. The summed E-state index contributed by atoms with van der Waals surface area (Å²) >= 11 is 0. The number of ether oxygens (including phenoxy) is 5. The molecular formula is C32H32N2O12. The van der Waals surface area contributed by atoms with Crippen LogP contribution < -0.4 is 4.74 Å². The normalized spacial score (nSPS) is 33.2. The second-order valence-electron chi connectivity index (χ2n) is 12.3. The van der Waals surface area contributed by atoms with Crippen LogP contribution in [0.4, 0.5) is 0 Å². The van der Waals surface area contributed by atoms with Gasteiger partial charge in [-0.05, 0) is 13.0 Å². The number of rotatable bonds is 5. The molecule has 3 aliphatic heterocycles. The summed E-state index contributed by atoms with van der Waals surface area (Å²) in [6.07, 6.45) is -4.58. The number of phenols is 2. The number of carbonyl (C=O) groups excluding carboxylic acids is 3. The maximum absolute atomic E-state index is 13.9. The number of aliphatic hydroxyl groups excluding tert-OH is 1. The predicted octanol–water partition coefficient (Wildman–Crippen LogP) is 0.631. The van der Waals surface area contributed by atoms with E-state index in [2.05, 4.69) is 6.07 Å². The minimum absolute atomic E-state index is 0.0492. The molecule has 4 N–H and O–H groups in total. The van der Waals surface area contributed by atoms with Gasteiger partial charge in [-0.1, -0.05) is 12.1 Å². The molecular weight excluding hydrogens is 604 g/mol. The first-order chi connectivity index (χ1) is 22.0. The van der Waals surface area contributed by atoms with Crippen LogP contribution in [-0.4, -0.2) is 112 Å². The van der Waals surface area contributed by atoms with Gasteiger partial charge in [-0.2, -0.15) is 5.26 Å². The number of nitriles is 1. The third kappa shape index (κ3) is 4.39. The molecule has 8 atom stereocenters. The van der Waals surface area contributed by atoms with E-state index in [1.165, 1.54) is 25.3 Å². The highest BCUT2D eigenvalue weighted by molar-refractivity contribution is 6.31. The van der Waals surface area contributed by atoms with Crippen molar-refractivity contribution in [1.82, 2.24) is 4.90 Å². The van der Waals surface area contributed by atoms with Gasteiger partial charge in [-0.15, -0.1) is 0 Å². The van der Waals surface area contributed by atoms with Gasteiger partial charge in [0.15, 0.2) is 17.9 Å². The van der Waals surface area contributed by atoms with Crippen molar-refractivity contribution in [2.75, 3.05) is 26.9 Å². The number of carbonyl (C=O) groups is 3. The van der Waals surface area contributed by atoms with E-state index in [4.69, 9.17) is 23.7 Å². The zero-order valence-corrected chi connectivity index (χ0v) is 25.0. The first kappa shape index (κ1) is 30.7. The van der Waals surface area contributed by atoms with E-state index in [1.54, 1.807) is 6.92 Å². The SMILES string of the molecule is COc1cccc2c1C(=O)c1c(O)c3c(c(O)c1C2=O)C[C@@](O)(C(=O)CO)C[C@@H]3O[C@H]1C[C@H]2[C@H](OC3COCC(C#N)N32)[C@H](C)O1. The Bertz CT molecular complexity index is 1700. The Morgan fingerprint density at radius 3 is 2.61 bits per heavy atom. The summed E-state index contributed by atoms with van der Waals surface area (Å²) in [6, 6.07) is 5.75. The van der Waals surface area contributed by atoms with E-state index in [1.807, 2.05) is 4.90 Å². The summed E-state index contributed by atoms with van der Waals surface area (Å²) in [5, 5.41) is 54.3. The Morgan fingerprint density at radius 2 is 1.89 bits per heavy atom. The van der Waals surface area contributed by atoms with Gasteiger partial charge >= 0.3 is 0 Å². The van der Waals surface area contributed by atoms with Gasteiger partial charge in [0.2, 0.25) is 5.78 Å². The van der Waals surface area contributed by atoms with Crippen LogP contribution in [-0.2, 0) is 30.2 Å². The van der Waals surface area contributed by atoms with E-state index in [0.29, 0.717) is 0 Å². The average Bonchev–Trinajstić information content (AvgIpc) is 3.43.